The molecule has 5 nitrogen and oxygen atoms in total. The fourth-order valence-corrected chi connectivity index (χ4v) is 1.54. The lowest BCUT2D eigenvalue weighted by atomic mass is 10.1. The van der Waals surface area contributed by atoms with E-state index in [9.17, 15) is 14.4 Å². The number of Topliss-reactive ketones (excluding diaryl/α,β-unsaturated/α-hetero) is 1. The van der Waals surface area contributed by atoms with E-state index in [1.165, 1.54) is 6.92 Å². The number of nitrogens with one attached hydrogen (secondary N) is 2. The number of para-hydroxylation sites is 1. The van der Waals surface area contributed by atoms with Crippen LogP contribution in [0.2, 0.25) is 0 Å². The Bertz CT molecular complexity index is 483. The first-order valence-corrected chi connectivity index (χ1v) is 6.21. The average Bonchev–Trinajstić information content (AvgIpc) is 2.35. The van der Waals surface area contributed by atoms with Gasteiger partial charge in [-0.15, -0.1) is 0 Å². The molecule has 19 heavy (non-hydrogen) atoms. The number of rotatable bonds is 6. The monoisotopic (exact) mass is 262 g/mol. The van der Waals surface area contributed by atoms with Crippen LogP contribution in [0.3, 0.4) is 0 Å². The van der Waals surface area contributed by atoms with Gasteiger partial charge >= 0.3 is 0 Å². The minimum absolute atomic E-state index is 0.190. The predicted molar refractivity (Wildman–Crippen MR) is 73.0 cm³/mol. The SMILES string of the molecule is CCCNC(=O)c1ccccc1NC(=O)CC(C)=O. The van der Waals surface area contributed by atoms with Crippen LogP contribution in [0.25, 0.3) is 0 Å². The molecule has 1 aromatic rings. The Kier molecular flexibility index (Phi) is 5.73. The lowest BCUT2D eigenvalue weighted by Crippen LogP contribution is -2.26. The summed E-state index contributed by atoms with van der Waals surface area (Å²) < 4.78 is 0. The van der Waals surface area contributed by atoms with Gasteiger partial charge < -0.3 is 10.6 Å². The zero-order valence-corrected chi connectivity index (χ0v) is 11.2. The van der Waals surface area contributed by atoms with Crippen molar-refractivity contribution in [3.8, 4) is 0 Å². The minimum atomic E-state index is -0.414. The first kappa shape index (κ1) is 14.9. The highest BCUT2D eigenvalue weighted by Crippen LogP contribution is 2.15. The van der Waals surface area contributed by atoms with E-state index in [2.05, 4.69) is 10.6 Å². The van der Waals surface area contributed by atoms with Gasteiger partial charge in [-0.05, 0) is 25.5 Å². The van der Waals surface area contributed by atoms with Crippen LogP contribution in [0.15, 0.2) is 24.3 Å². The van der Waals surface area contributed by atoms with Crippen molar-refractivity contribution < 1.29 is 14.4 Å². The lowest BCUT2D eigenvalue weighted by molar-refractivity contribution is -0.124. The van der Waals surface area contributed by atoms with E-state index in [0.717, 1.165) is 6.42 Å². The number of hydrogen-bond acceptors (Lipinski definition) is 3. The number of anilines is 1. The van der Waals surface area contributed by atoms with Gasteiger partial charge in [0.1, 0.15) is 5.78 Å². The largest absolute Gasteiger partial charge is 0.352 e. The van der Waals surface area contributed by atoms with Gasteiger partial charge in [0.15, 0.2) is 0 Å². The predicted octanol–water partition coefficient (Wildman–Crippen LogP) is 1.74. The Morgan fingerprint density at radius 1 is 1.16 bits per heavy atom. The van der Waals surface area contributed by atoms with Crippen LogP contribution in [0.1, 0.15) is 37.0 Å². The quantitative estimate of drug-likeness (QED) is 0.767. The highest BCUT2D eigenvalue weighted by atomic mass is 16.2. The molecule has 2 amide bonds. The van der Waals surface area contributed by atoms with Crippen molar-refractivity contribution in [1.29, 1.82) is 0 Å². The molecule has 102 valence electrons. The number of carbonyl (C=O) groups is 3. The van der Waals surface area contributed by atoms with Gasteiger partial charge in [0.2, 0.25) is 5.91 Å². The molecule has 0 unspecified atom stereocenters. The average molecular weight is 262 g/mol. The van der Waals surface area contributed by atoms with E-state index < -0.39 is 5.91 Å². The van der Waals surface area contributed by atoms with Crippen LogP contribution in [0.4, 0.5) is 5.69 Å². The van der Waals surface area contributed by atoms with Crippen LogP contribution in [0.5, 0.6) is 0 Å². The Hall–Kier alpha value is -2.17. The van der Waals surface area contributed by atoms with Gasteiger partial charge in [-0.2, -0.15) is 0 Å². The summed E-state index contributed by atoms with van der Waals surface area (Å²) in [7, 11) is 0. The zero-order valence-electron chi connectivity index (χ0n) is 11.2. The normalized spacial score (nSPS) is 9.79. The molecule has 2 N–H and O–H groups in total. The summed E-state index contributed by atoms with van der Waals surface area (Å²) in [6, 6.07) is 6.72. The van der Waals surface area contributed by atoms with Gasteiger partial charge in [0, 0.05) is 6.54 Å². The molecule has 0 atom stereocenters. The van der Waals surface area contributed by atoms with Crippen molar-refractivity contribution >= 4 is 23.3 Å². The number of ketones is 1. The van der Waals surface area contributed by atoms with Crippen LogP contribution < -0.4 is 10.6 Å². The van der Waals surface area contributed by atoms with Gasteiger partial charge in [-0.3, -0.25) is 14.4 Å². The second-order valence-electron chi connectivity index (χ2n) is 4.23. The second-order valence-corrected chi connectivity index (χ2v) is 4.23. The fourth-order valence-electron chi connectivity index (χ4n) is 1.54. The molecule has 1 rings (SSSR count). The molecule has 0 fully saturated rings. The van der Waals surface area contributed by atoms with E-state index in [1.54, 1.807) is 24.3 Å². The highest BCUT2D eigenvalue weighted by molar-refractivity contribution is 6.07. The molecule has 0 heterocycles. The van der Waals surface area contributed by atoms with Crippen molar-refractivity contribution in [3.63, 3.8) is 0 Å². The first-order chi connectivity index (χ1) is 9.04. The Morgan fingerprint density at radius 3 is 2.47 bits per heavy atom. The maximum atomic E-state index is 11.9. The van der Waals surface area contributed by atoms with E-state index >= 15 is 0 Å². The van der Waals surface area contributed by atoms with Crippen LogP contribution >= 0.6 is 0 Å². The fraction of sp³-hybridized carbons (Fsp3) is 0.357. The first-order valence-electron chi connectivity index (χ1n) is 6.21. The molecule has 0 spiro atoms. The van der Waals surface area contributed by atoms with Gasteiger partial charge in [-0.1, -0.05) is 19.1 Å². The van der Waals surface area contributed by atoms with Crippen LogP contribution in [-0.2, 0) is 9.59 Å². The van der Waals surface area contributed by atoms with Gasteiger partial charge in [0.25, 0.3) is 5.91 Å². The summed E-state index contributed by atoms with van der Waals surface area (Å²) in [6.45, 7) is 3.88. The van der Waals surface area contributed by atoms with Crippen LogP contribution in [0, 0.1) is 0 Å². The summed E-state index contributed by atoms with van der Waals surface area (Å²) in [6.07, 6.45) is 0.648. The minimum Gasteiger partial charge on any atom is -0.352 e. The number of amides is 2. The van der Waals surface area contributed by atoms with Crippen molar-refractivity contribution in [2.45, 2.75) is 26.7 Å². The standard InChI is InChI=1S/C14H18N2O3/c1-3-8-15-14(19)11-6-4-5-7-12(11)16-13(18)9-10(2)17/h4-7H,3,8-9H2,1-2H3,(H,15,19)(H,16,18). The summed E-state index contributed by atoms with van der Waals surface area (Å²) in [5.41, 5.74) is 0.815. The molecule has 0 aromatic heterocycles. The number of carbonyl (C=O) groups excluding carboxylic acids is 3. The third kappa shape index (κ3) is 4.91. The molecular weight excluding hydrogens is 244 g/mol. The van der Waals surface area contributed by atoms with E-state index in [-0.39, 0.29) is 18.1 Å². The molecule has 0 bridgehead atoms. The molecule has 5 heteroatoms. The maximum Gasteiger partial charge on any atom is 0.253 e. The van der Waals surface area contributed by atoms with Crippen LogP contribution in [-0.4, -0.2) is 24.1 Å². The van der Waals surface area contributed by atoms with Crippen molar-refractivity contribution in [2.24, 2.45) is 0 Å². The maximum absolute atomic E-state index is 11.9. The number of hydrogen-bond donors (Lipinski definition) is 2. The molecule has 0 aliphatic rings. The van der Waals surface area contributed by atoms with Gasteiger partial charge in [0.05, 0.1) is 17.7 Å². The molecular formula is C14H18N2O3. The smallest absolute Gasteiger partial charge is 0.253 e. The molecule has 1 aromatic carbocycles. The third-order valence-electron chi connectivity index (χ3n) is 2.39. The summed E-state index contributed by atoms with van der Waals surface area (Å²) >= 11 is 0. The molecule has 0 aliphatic heterocycles. The highest BCUT2D eigenvalue weighted by Gasteiger charge is 2.13. The molecule has 0 aliphatic carbocycles. The second kappa shape index (κ2) is 7.31. The van der Waals surface area contributed by atoms with Crippen molar-refractivity contribution in [1.82, 2.24) is 5.32 Å². The Balaban J connectivity index is 2.80. The summed E-state index contributed by atoms with van der Waals surface area (Å²) in [5.74, 6) is -0.866. The summed E-state index contributed by atoms with van der Waals surface area (Å²) in [4.78, 5) is 34.3. The lowest BCUT2D eigenvalue weighted by Gasteiger charge is -2.10. The third-order valence-corrected chi connectivity index (χ3v) is 2.39. The van der Waals surface area contributed by atoms with Gasteiger partial charge in [-0.25, -0.2) is 0 Å². The number of benzene rings is 1. The zero-order chi connectivity index (χ0) is 14.3. The van der Waals surface area contributed by atoms with Crippen molar-refractivity contribution in [3.05, 3.63) is 29.8 Å². The Morgan fingerprint density at radius 2 is 1.84 bits per heavy atom. The summed E-state index contributed by atoms with van der Waals surface area (Å²) in [5, 5.41) is 5.32. The van der Waals surface area contributed by atoms with E-state index in [1.807, 2.05) is 6.92 Å². The Labute approximate surface area is 112 Å². The topological polar surface area (TPSA) is 75.3 Å². The molecule has 0 saturated carbocycles. The molecule has 0 saturated heterocycles. The van der Waals surface area contributed by atoms with Crippen molar-refractivity contribution in [2.75, 3.05) is 11.9 Å². The van der Waals surface area contributed by atoms with E-state index in [4.69, 9.17) is 0 Å². The van der Waals surface area contributed by atoms with E-state index in [0.29, 0.717) is 17.8 Å². The molecule has 0 radical (unpaired) electrons.